The summed E-state index contributed by atoms with van der Waals surface area (Å²) in [6, 6.07) is 7.04. The summed E-state index contributed by atoms with van der Waals surface area (Å²) < 4.78 is 5.13. The van der Waals surface area contributed by atoms with E-state index in [1.165, 1.54) is 6.42 Å². The molecular formula is C18H26N2O4. The van der Waals surface area contributed by atoms with Gasteiger partial charge in [-0.2, -0.15) is 0 Å². The molecule has 0 spiro atoms. The highest BCUT2D eigenvalue weighted by Crippen LogP contribution is 2.23. The lowest BCUT2D eigenvalue weighted by atomic mass is 9.86. The van der Waals surface area contributed by atoms with Crippen molar-refractivity contribution in [3.8, 4) is 0 Å². The maximum atomic E-state index is 12.2. The predicted octanol–water partition coefficient (Wildman–Crippen LogP) is 1.94. The van der Waals surface area contributed by atoms with E-state index in [0.29, 0.717) is 23.7 Å². The molecule has 3 N–H and O–H groups in total. The third-order valence-corrected chi connectivity index (χ3v) is 4.37. The van der Waals surface area contributed by atoms with Crippen molar-refractivity contribution in [1.29, 1.82) is 0 Å². The van der Waals surface area contributed by atoms with E-state index < -0.39 is 5.97 Å². The number of nitrogens with one attached hydrogen (secondary N) is 2. The lowest BCUT2D eigenvalue weighted by Gasteiger charge is -2.29. The van der Waals surface area contributed by atoms with Crippen LogP contribution in [0.15, 0.2) is 24.3 Å². The first-order chi connectivity index (χ1) is 11.6. The van der Waals surface area contributed by atoms with Gasteiger partial charge < -0.3 is 20.5 Å². The van der Waals surface area contributed by atoms with E-state index in [1.54, 1.807) is 24.3 Å². The Bertz CT molecular complexity index is 562. The van der Waals surface area contributed by atoms with Crippen molar-refractivity contribution in [2.75, 3.05) is 25.1 Å². The Hall–Kier alpha value is -2.08. The normalized spacial score (nSPS) is 20.2. The van der Waals surface area contributed by atoms with Crippen molar-refractivity contribution in [3.05, 3.63) is 29.8 Å². The molecule has 1 aromatic carbocycles. The second-order valence-corrected chi connectivity index (χ2v) is 6.21. The van der Waals surface area contributed by atoms with E-state index in [-0.39, 0.29) is 25.2 Å². The third-order valence-electron chi connectivity index (χ3n) is 4.37. The van der Waals surface area contributed by atoms with Crippen molar-refractivity contribution >= 4 is 17.6 Å². The largest absolute Gasteiger partial charge is 0.452 e. The molecule has 2 rings (SSSR count). The summed E-state index contributed by atoms with van der Waals surface area (Å²) in [5.41, 5.74) is 0.933. The number of aliphatic hydroxyl groups is 1. The number of hydrogen-bond donors (Lipinski definition) is 3. The van der Waals surface area contributed by atoms with Crippen LogP contribution in [0.1, 0.15) is 43.0 Å². The molecule has 6 heteroatoms. The van der Waals surface area contributed by atoms with Gasteiger partial charge in [0.15, 0.2) is 6.61 Å². The van der Waals surface area contributed by atoms with Crippen molar-refractivity contribution in [2.24, 2.45) is 5.92 Å². The number of carbonyl (C=O) groups is 2. The van der Waals surface area contributed by atoms with Crippen LogP contribution in [0.3, 0.4) is 0 Å². The van der Waals surface area contributed by atoms with Crippen LogP contribution < -0.4 is 10.6 Å². The van der Waals surface area contributed by atoms with Crippen LogP contribution >= 0.6 is 0 Å². The van der Waals surface area contributed by atoms with Gasteiger partial charge in [0.25, 0.3) is 5.91 Å². The van der Waals surface area contributed by atoms with Gasteiger partial charge in [-0.05, 0) is 30.9 Å². The van der Waals surface area contributed by atoms with Gasteiger partial charge in [-0.15, -0.1) is 0 Å². The van der Waals surface area contributed by atoms with E-state index in [4.69, 9.17) is 9.84 Å². The number of ether oxygens (including phenoxy) is 1. The SMILES string of the molecule is C[C@@H]1CCCC[C@@H]1NC(=O)COC(=O)c1ccccc1NCCO. The van der Waals surface area contributed by atoms with E-state index in [2.05, 4.69) is 17.6 Å². The Balaban J connectivity index is 1.85. The van der Waals surface area contributed by atoms with Gasteiger partial charge in [-0.1, -0.05) is 31.9 Å². The van der Waals surface area contributed by atoms with Gasteiger partial charge in [0.1, 0.15) is 0 Å². The van der Waals surface area contributed by atoms with Gasteiger partial charge in [0, 0.05) is 18.3 Å². The Morgan fingerprint density at radius 2 is 2.00 bits per heavy atom. The molecule has 1 amide bonds. The quantitative estimate of drug-likeness (QED) is 0.663. The van der Waals surface area contributed by atoms with E-state index in [0.717, 1.165) is 19.3 Å². The molecular weight excluding hydrogens is 308 g/mol. The fraction of sp³-hybridized carbons (Fsp3) is 0.556. The molecule has 0 unspecified atom stereocenters. The first-order valence-electron chi connectivity index (χ1n) is 8.52. The highest BCUT2D eigenvalue weighted by atomic mass is 16.5. The Kier molecular flexibility index (Phi) is 7.06. The van der Waals surface area contributed by atoms with E-state index in [9.17, 15) is 9.59 Å². The number of rotatable bonds is 7. The smallest absolute Gasteiger partial charge is 0.340 e. The summed E-state index contributed by atoms with van der Waals surface area (Å²) in [7, 11) is 0. The van der Waals surface area contributed by atoms with Crippen molar-refractivity contribution in [1.82, 2.24) is 5.32 Å². The molecule has 0 aromatic heterocycles. The van der Waals surface area contributed by atoms with Crippen LogP contribution in [0.25, 0.3) is 0 Å². The zero-order valence-corrected chi connectivity index (χ0v) is 14.1. The molecule has 0 aliphatic heterocycles. The highest BCUT2D eigenvalue weighted by molar-refractivity contribution is 5.96. The Morgan fingerprint density at radius 1 is 1.25 bits per heavy atom. The average Bonchev–Trinajstić information content (AvgIpc) is 2.60. The van der Waals surface area contributed by atoms with Crippen LogP contribution in [-0.4, -0.2) is 42.8 Å². The molecule has 0 heterocycles. The summed E-state index contributed by atoms with van der Waals surface area (Å²) in [6.07, 6.45) is 4.43. The molecule has 2 atom stereocenters. The molecule has 24 heavy (non-hydrogen) atoms. The van der Waals surface area contributed by atoms with Gasteiger partial charge >= 0.3 is 5.97 Å². The summed E-state index contributed by atoms with van der Waals surface area (Å²) in [6.45, 7) is 2.16. The van der Waals surface area contributed by atoms with Gasteiger partial charge in [0.2, 0.25) is 0 Å². The number of benzene rings is 1. The molecule has 1 fully saturated rings. The predicted molar refractivity (Wildman–Crippen MR) is 91.9 cm³/mol. The minimum atomic E-state index is -0.553. The molecule has 132 valence electrons. The van der Waals surface area contributed by atoms with Crippen LogP contribution in [0.2, 0.25) is 0 Å². The topological polar surface area (TPSA) is 87.7 Å². The lowest BCUT2D eigenvalue weighted by Crippen LogP contribution is -2.42. The van der Waals surface area contributed by atoms with Crippen LogP contribution in [0.4, 0.5) is 5.69 Å². The number of anilines is 1. The second kappa shape index (κ2) is 9.27. The molecule has 1 aliphatic carbocycles. The minimum Gasteiger partial charge on any atom is -0.452 e. The summed E-state index contributed by atoms with van der Waals surface area (Å²) in [4.78, 5) is 24.2. The maximum absolute atomic E-state index is 12.2. The van der Waals surface area contributed by atoms with Gasteiger partial charge in [-0.3, -0.25) is 4.79 Å². The Labute approximate surface area is 142 Å². The molecule has 0 bridgehead atoms. The number of hydrogen-bond acceptors (Lipinski definition) is 5. The summed E-state index contributed by atoms with van der Waals surface area (Å²) in [5, 5.41) is 14.8. The fourth-order valence-corrected chi connectivity index (χ4v) is 2.99. The zero-order valence-electron chi connectivity index (χ0n) is 14.1. The van der Waals surface area contributed by atoms with E-state index in [1.807, 2.05) is 0 Å². The summed E-state index contributed by atoms with van der Waals surface area (Å²) in [5.74, 6) is -0.354. The highest BCUT2D eigenvalue weighted by Gasteiger charge is 2.23. The molecule has 1 aromatic rings. The maximum Gasteiger partial charge on any atom is 0.340 e. The number of amides is 1. The molecule has 6 nitrogen and oxygen atoms in total. The Morgan fingerprint density at radius 3 is 2.75 bits per heavy atom. The van der Waals surface area contributed by atoms with Crippen molar-refractivity contribution < 1.29 is 19.4 Å². The standard InChI is InChI=1S/C18H26N2O4/c1-13-6-2-4-8-15(13)20-17(22)12-24-18(23)14-7-3-5-9-16(14)19-10-11-21/h3,5,7,9,13,15,19,21H,2,4,6,8,10-12H2,1H3,(H,20,22)/t13-,15+/m1/s1. The molecule has 1 aliphatic rings. The first kappa shape index (κ1) is 18.3. The average molecular weight is 334 g/mol. The number of para-hydroxylation sites is 1. The van der Waals surface area contributed by atoms with Crippen LogP contribution in [0, 0.1) is 5.92 Å². The molecule has 0 radical (unpaired) electrons. The van der Waals surface area contributed by atoms with Crippen molar-refractivity contribution in [2.45, 2.75) is 38.6 Å². The molecule has 1 saturated carbocycles. The molecule has 0 saturated heterocycles. The fourth-order valence-electron chi connectivity index (χ4n) is 2.99. The lowest BCUT2D eigenvalue weighted by molar-refractivity contribution is -0.125. The number of aliphatic hydroxyl groups excluding tert-OH is 1. The van der Waals surface area contributed by atoms with E-state index >= 15 is 0 Å². The van der Waals surface area contributed by atoms with Crippen molar-refractivity contribution in [3.63, 3.8) is 0 Å². The van der Waals surface area contributed by atoms with Gasteiger partial charge in [-0.25, -0.2) is 4.79 Å². The number of esters is 1. The van der Waals surface area contributed by atoms with Crippen LogP contribution in [0.5, 0.6) is 0 Å². The first-order valence-corrected chi connectivity index (χ1v) is 8.52. The minimum absolute atomic E-state index is 0.0363. The monoisotopic (exact) mass is 334 g/mol. The second-order valence-electron chi connectivity index (χ2n) is 6.21. The van der Waals surface area contributed by atoms with Gasteiger partial charge in [0.05, 0.1) is 12.2 Å². The zero-order chi connectivity index (χ0) is 17.4. The summed E-state index contributed by atoms with van der Waals surface area (Å²) >= 11 is 0. The van der Waals surface area contributed by atoms with Crippen LogP contribution in [-0.2, 0) is 9.53 Å². The number of carbonyl (C=O) groups excluding carboxylic acids is 2. The third kappa shape index (κ3) is 5.23.